The van der Waals surface area contributed by atoms with E-state index in [1.54, 1.807) is 0 Å². The molecule has 0 bridgehead atoms. The lowest BCUT2D eigenvalue weighted by molar-refractivity contribution is -0.297. The number of allylic oxidation sites excluding steroid dienone is 14. The Balaban J connectivity index is 2.53. The molecule has 1 aliphatic rings. The first-order chi connectivity index (χ1) is 28.0. The number of hydrogen-bond acceptors (Lipinski definition) is 11. The molecule has 1 aliphatic heterocycles. The van der Waals surface area contributed by atoms with Gasteiger partial charge in [0.05, 0.1) is 6.61 Å². The number of carbonyl (C=O) groups excluding carboxylic acids is 2. The van der Waals surface area contributed by atoms with Crippen molar-refractivity contribution in [3.8, 4) is 0 Å². The number of unbranched alkanes of at least 4 members (excludes halogenated alkanes) is 7. The van der Waals surface area contributed by atoms with E-state index in [0.29, 0.717) is 12.8 Å². The van der Waals surface area contributed by atoms with Crippen LogP contribution < -0.4 is 0 Å². The highest BCUT2D eigenvalue weighted by Crippen LogP contribution is 2.24. The average molecular weight is 837 g/mol. The van der Waals surface area contributed by atoms with Gasteiger partial charge in [-0.25, -0.2) is 0 Å². The first kappa shape index (κ1) is 52.8. The molecule has 0 spiro atoms. The lowest BCUT2D eigenvalue weighted by Crippen LogP contribution is -2.60. The van der Waals surface area contributed by atoms with Crippen LogP contribution in [-0.4, -0.2) is 96.0 Å². The van der Waals surface area contributed by atoms with Crippen LogP contribution in [0.1, 0.15) is 129 Å². The monoisotopic (exact) mass is 836 g/mol. The molecule has 0 aromatic carbocycles. The minimum Gasteiger partial charge on any atom is -0.462 e. The van der Waals surface area contributed by atoms with Crippen molar-refractivity contribution in [2.75, 3.05) is 19.0 Å². The zero-order valence-electron chi connectivity index (χ0n) is 34.9. The second-order valence-corrected chi connectivity index (χ2v) is 15.7. The van der Waals surface area contributed by atoms with E-state index in [-0.39, 0.29) is 19.4 Å². The standard InChI is InChI=1S/C45H72O12S/c1-3-5-7-9-11-13-15-17-19-21-23-25-27-29-31-33-40(46)54-35-38(36-55-45-44(50)43(49)42(48)39(57-45)37-58(51,52)53)56-41(47)34-32-30-28-26-24-22-20-18-16-14-12-10-8-6-4-2/h5-8,11-14,17-20,24,26,38-39,42-45,48-50H,3-4,9-10,15-16,21-23,25,27-37H2,1-2H3,(H,51,52,53)/b7-5+,8-6+,13-11+,14-12+,19-17+,20-18+,26-24+/t38-,39-,42-,43?,44?,45+/m1/s1. The van der Waals surface area contributed by atoms with Crippen LogP contribution in [-0.2, 0) is 38.7 Å². The molecule has 4 N–H and O–H groups in total. The van der Waals surface area contributed by atoms with E-state index in [9.17, 15) is 37.9 Å². The van der Waals surface area contributed by atoms with Gasteiger partial charge < -0.3 is 34.3 Å². The van der Waals surface area contributed by atoms with E-state index in [1.165, 1.54) is 0 Å². The summed E-state index contributed by atoms with van der Waals surface area (Å²) in [5.74, 6) is -2.08. The largest absolute Gasteiger partial charge is 0.462 e. The van der Waals surface area contributed by atoms with Gasteiger partial charge >= 0.3 is 11.9 Å². The van der Waals surface area contributed by atoms with Gasteiger partial charge in [-0.1, -0.05) is 118 Å². The summed E-state index contributed by atoms with van der Waals surface area (Å²) in [4.78, 5) is 25.3. The fourth-order valence-corrected chi connectivity index (χ4v) is 6.43. The molecule has 0 radical (unpaired) electrons. The number of esters is 2. The van der Waals surface area contributed by atoms with Crippen LogP contribution in [0, 0.1) is 0 Å². The third-order valence-corrected chi connectivity index (χ3v) is 9.72. The average Bonchev–Trinajstić information content (AvgIpc) is 3.18. The first-order valence-electron chi connectivity index (χ1n) is 21.1. The van der Waals surface area contributed by atoms with E-state index in [1.807, 2.05) is 0 Å². The third kappa shape index (κ3) is 29.1. The van der Waals surface area contributed by atoms with Crippen LogP contribution in [0.15, 0.2) is 85.1 Å². The van der Waals surface area contributed by atoms with Crippen molar-refractivity contribution in [3.05, 3.63) is 85.1 Å². The van der Waals surface area contributed by atoms with Gasteiger partial charge in [0.2, 0.25) is 0 Å². The molecule has 1 heterocycles. The minimum atomic E-state index is -4.61. The summed E-state index contributed by atoms with van der Waals surface area (Å²) < 4.78 is 53.9. The van der Waals surface area contributed by atoms with Crippen LogP contribution in [0.4, 0.5) is 0 Å². The molecule has 0 aliphatic carbocycles. The SMILES string of the molecule is CC/C=C/C/C=C/C/C=C/C/C=C/CCCCC(=O)O[C@H](COC(=O)CCCCCCC/C=C/C/C=C/C/C=C/CC)CO[C@H]1O[C@H](CS(=O)(=O)O)[C@@H](O)C(O)C1O. The van der Waals surface area contributed by atoms with Gasteiger partial charge in [0.15, 0.2) is 12.4 Å². The van der Waals surface area contributed by atoms with Crippen LogP contribution in [0.3, 0.4) is 0 Å². The molecule has 1 rings (SSSR count). The molecule has 0 aromatic rings. The second kappa shape index (κ2) is 34.7. The molecule has 0 amide bonds. The molecule has 13 heteroatoms. The molecule has 330 valence electrons. The Labute approximate surface area is 348 Å². The Hall–Kier alpha value is -3.17. The summed E-state index contributed by atoms with van der Waals surface area (Å²) in [6.07, 6.45) is 34.9. The van der Waals surface area contributed by atoms with Gasteiger partial charge in [-0.15, -0.1) is 0 Å². The zero-order chi connectivity index (χ0) is 42.7. The number of ether oxygens (including phenoxy) is 4. The van der Waals surface area contributed by atoms with Gasteiger partial charge in [0.25, 0.3) is 10.1 Å². The summed E-state index contributed by atoms with van der Waals surface area (Å²) in [6, 6.07) is 0. The topological polar surface area (TPSA) is 186 Å². The van der Waals surface area contributed by atoms with Crippen LogP contribution >= 0.6 is 0 Å². The maximum absolute atomic E-state index is 12.8. The Morgan fingerprint density at radius 2 is 1.03 bits per heavy atom. The van der Waals surface area contributed by atoms with Crippen molar-refractivity contribution < 1.29 is 56.8 Å². The summed E-state index contributed by atoms with van der Waals surface area (Å²) in [5.41, 5.74) is 0. The van der Waals surface area contributed by atoms with Crippen molar-refractivity contribution >= 4 is 22.1 Å². The van der Waals surface area contributed by atoms with Crippen molar-refractivity contribution in [3.63, 3.8) is 0 Å². The van der Waals surface area contributed by atoms with Gasteiger partial charge in [-0.3, -0.25) is 14.1 Å². The number of carbonyl (C=O) groups is 2. The van der Waals surface area contributed by atoms with Gasteiger partial charge in [0.1, 0.15) is 36.8 Å². The van der Waals surface area contributed by atoms with Gasteiger partial charge in [-0.05, 0) is 83.5 Å². The van der Waals surface area contributed by atoms with Crippen LogP contribution in [0.25, 0.3) is 0 Å². The minimum absolute atomic E-state index is 0.103. The van der Waals surface area contributed by atoms with Gasteiger partial charge in [-0.2, -0.15) is 8.42 Å². The maximum Gasteiger partial charge on any atom is 0.306 e. The maximum atomic E-state index is 12.8. The summed E-state index contributed by atoms with van der Waals surface area (Å²) in [6.45, 7) is 3.45. The third-order valence-electron chi connectivity index (χ3n) is 8.97. The molecule has 0 aromatic heterocycles. The van der Waals surface area contributed by atoms with E-state index < -0.39 is 71.2 Å². The highest BCUT2D eigenvalue weighted by Gasteiger charge is 2.46. The lowest BCUT2D eigenvalue weighted by Gasteiger charge is -2.40. The van der Waals surface area contributed by atoms with E-state index in [0.717, 1.165) is 89.9 Å². The molecular weight excluding hydrogens is 765 g/mol. The second-order valence-electron chi connectivity index (χ2n) is 14.2. The van der Waals surface area contributed by atoms with E-state index >= 15 is 0 Å². The van der Waals surface area contributed by atoms with Crippen molar-refractivity contribution in [2.45, 2.75) is 166 Å². The summed E-state index contributed by atoms with van der Waals surface area (Å²) in [5, 5.41) is 30.8. The fourth-order valence-electron chi connectivity index (χ4n) is 5.74. The van der Waals surface area contributed by atoms with Crippen molar-refractivity contribution in [1.82, 2.24) is 0 Å². The molecule has 12 nitrogen and oxygen atoms in total. The summed E-state index contributed by atoms with van der Waals surface area (Å²) >= 11 is 0. The number of aliphatic hydroxyl groups excluding tert-OH is 3. The van der Waals surface area contributed by atoms with E-state index in [4.69, 9.17) is 18.9 Å². The Kier molecular flexibility index (Phi) is 31.6. The Morgan fingerprint density at radius 3 is 1.57 bits per heavy atom. The van der Waals surface area contributed by atoms with Gasteiger partial charge in [0, 0.05) is 12.8 Å². The highest BCUT2D eigenvalue weighted by molar-refractivity contribution is 7.85. The molecule has 0 saturated carbocycles. The predicted octanol–water partition coefficient (Wildman–Crippen LogP) is 8.11. The van der Waals surface area contributed by atoms with Crippen molar-refractivity contribution in [1.29, 1.82) is 0 Å². The predicted molar refractivity (Wildman–Crippen MR) is 228 cm³/mol. The molecule has 2 unspecified atom stereocenters. The lowest BCUT2D eigenvalue weighted by atomic mass is 10.00. The Morgan fingerprint density at radius 1 is 0.586 bits per heavy atom. The smallest absolute Gasteiger partial charge is 0.306 e. The number of aliphatic hydroxyl groups is 3. The Bertz CT molecular complexity index is 1400. The van der Waals surface area contributed by atoms with E-state index in [2.05, 4.69) is 98.9 Å². The molecule has 58 heavy (non-hydrogen) atoms. The molecule has 1 saturated heterocycles. The molecular formula is C45H72O12S. The summed E-state index contributed by atoms with van der Waals surface area (Å²) in [7, 11) is -4.61. The quantitative estimate of drug-likeness (QED) is 0.0216. The van der Waals surface area contributed by atoms with Crippen molar-refractivity contribution in [2.24, 2.45) is 0 Å². The zero-order valence-corrected chi connectivity index (χ0v) is 35.7. The molecule has 1 fully saturated rings. The first-order valence-corrected chi connectivity index (χ1v) is 22.8. The van der Waals surface area contributed by atoms with Crippen LogP contribution in [0.5, 0.6) is 0 Å². The fraction of sp³-hybridized carbons (Fsp3) is 0.644. The molecule has 6 atom stereocenters. The van der Waals surface area contributed by atoms with Crippen LogP contribution in [0.2, 0.25) is 0 Å². The highest BCUT2D eigenvalue weighted by atomic mass is 32.2. The number of rotatable bonds is 33. The number of hydrogen-bond donors (Lipinski definition) is 4. The normalized spacial score (nSPS) is 21.2.